The van der Waals surface area contributed by atoms with E-state index in [0.717, 1.165) is 26.6 Å². The lowest BCUT2D eigenvalue weighted by atomic mass is 9.94. The Balaban J connectivity index is 1.04. The number of nitrogens with one attached hydrogen (secondary N) is 2. The summed E-state index contributed by atoms with van der Waals surface area (Å²) in [6.07, 6.45) is -6.35. The summed E-state index contributed by atoms with van der Waals surface area (Å²) in [5.74, 6) is -3.58. The van der Waals surface area contributed by atoms with Crippen LogP contribution in [0.3, 0.4) is 0 Å². The summed E-state index contributed by atoms with van der Waals surface area (Å²) in [7, 11) is -4.80. The van der Waals surface area contributed by atoms with Crippen molar-refractivity contribution >= 4 is 67.5 Å². The first-order chi connectivity index (χ1) is 32.4. The molecule has 1 unspecified atom stereocenters. The van der Waals surface area contributed by atoms with Crippen molar-refractivity contribution in [3.63, 3.8) is 0 Å². The summed E-state index contributed by atoms with van der Waals surface area (Å²) in [4.78, 5) is 42.6. The number of nitrogens with zero attached hydrogens (tertiary/aromatic N) is 3. The van der Waals surface area contributed by atoms with Crippen LogP contribution in [0.2, 0.25) is 10.0 Å². The van der Waals surface area contributed by atoms with Crippen LogP contribution in [0.25, 0.3) is 11.1 Å². The quantitative estimate of drug-likeness (QED) is 0.1000. The van der Waals surface area contributed by atoms with E-state index in [2.05, 4.69) is 16.4 Å². The largest absolute Gasteiger partial charge is 0.489 e. The molecule has 0 saturated heterocycles. The van der Waals surface area contributed by atoms with E-state index in [-0.39, 0.29) is 48.8 Å². The fourth-order valence-electron chi connectivity index (χ4n) is 7.57. The van der Waals surface area contributed by atoms with Gasteiger partial charge in [0.25, 0.3) is 10.0 Å². The highest BCUT2D eigenvalue weighted by Gasteiger charge is 2.44. The van der Waals surface area contributed by atoms with Gasteiger partial charge in [0, 0.05) is 13.0 Å². The Morgan fingerprint density at radius 1 is 0.941 bits per heavy atom. The monoisotopic (exact) mass is 1010 g/mol. The minimum absolute atomic E-state index is 0.0896. The van der Waals surface area contributed by atoms with Gasteiger partial charge < -0.3 is 24.6 Å². The molecule has 6 aromatic rings. The van der Waals surface area contributed by atoms with Crippen molar-refractivity contribution in [3.05, 3.63) is 152 Å². The number of alkyl halides is 3. The van der Waals surface area contributed by atoms with E-state index in [1.54, 1.807) is 108 Å². The Kier molecular flexibility index (Phi) is 13.7. The molecule has 0 spiro atoms. The van der Waals surface area contributed by atoms with Crippen LogP contribution in [-0.4, -0.2) is 65.5 Å². The first-order valence-corrected chi connectivity index (χ1v) is 23.5. The van der Waals surface area contributed by atoms with Crippen molar-refractivity contribution in [3.8, 4) is 34.4 Å². The number of carboxylic acids is 1. The number of benzene rings is 5. The molecular weight excluding hydrogens is 971 g/mol. The van der Waals surface area contributed by atoms with Gasteiger partial charge in [0.1, 0.15) is 31.0 Å². The molecule has 21 heteroatoms. The molecule has 3 N–H and O–H groups in total. The van der Waals surface area contributed by atoms with Gasteiger partial charge in [-0.15, -0.1) is 0 Å². The number of carboxylic acid groups (broad SMARTS) is 1. The number of aryl methyl sites for hydroxylation is 1. The number of rotatable bonds is 13. The molecule has 350 valence electrons. The predicted octanol–water partition coefficient (Wildman–Crippen LogP) is 8.82. The average molecular weight is 1010 g/mol. The van der Waals surface area contributed by atoms with Gasteiger partial charge in [0.05, 0.1) is 27.4 Å². The lowest BCUT2D eigenvalue weighted by Gasteiger charge is -2.36. The first kappa shape index (κ1) is 47.8. The van der Waals surface area contributed by atoms with Crippen molar-refractivity contribution in [1.82, 2.24) is 14.6 Å². The molecule has 68 heavy (non-hydrogen) atoms. The van der Waals surface area contributed by atoms with E-state index >= 15 is 0 Å². The summed E-state index contributed by atoms with van der Waals surface area (Å²) in [5, 5.41) is 23.7. The highest BCUT2D eigenvalue weighted by molar-refractivity contribution is 7.91. The SMILES string of the molecule is Cc1nc(NC(=O)C(F)(F)F)sc1S(=O)(=O)N1Cc2cc3c(cc2C[C@H]1C(=O)N[C@@H](Cc1ccc(-c2ccc(C#N)cc2)cc1)C(=O)O)OCC(c1ccc(OCc2ccc(Cl)c(Cl)c2)cc1)O3. The summed E-state index contributed by atoms with van der Waals surface area (Å²) in [5.41, 5.74) is 4.82. The Morgan fingerprint density at radius 2 is 1.60 bits per heavy atom. The number of hydrogen-bond acceptors (Lipinski definition) is 11. The minimum Gasteiger partial charge on any atom is -0.489 e. The minimum atomic E-state index is -5.29. The van der Waals surface area contributed by atoms with E-state index in [9.17, 15) is 41.1 Å². The van der Waals surface area contributed by atoms with Gasteiger partial charge in [0.2, 0.25) is 5.91 Å². The van der Waals surface area contributed by atoms with E-state index in [1.807, 2.05) is 0 Å². The Morgan fingerprint density at radius 3 is 2.25 bits per heavy atom. The second kappa shape index (κ2) is 19.5. The second-order valence-electron chi connectivity index (χ2n) is 15.7. The molecule has 2 amide bonds. The van der Waals surface area contributed by atoms with Crippen molar-refractivity contribution in [2.45, 2.75) is 61.5 Å². The van der Waals surface area contributed by atoms with Gasteiger partial charge in [-0.05, 0) is 101 Å². The topological polar surface area (TPSA) is 197 Å². The third-order valence-corrected chi connectivity index (χ3v) is 15.3. The van der Waals surface area contributed by atoms with Crippen LogP contribution >= 0.6 is 34.5 Å². The van der Waals surface area contributed by atoms with Gasteiger partial charge >= 0.3 is 18.1 Å². The maximum atomic E-state index is 14.6. The number of ether oxygens (including phenoxy) is 3. The normalized spacial score (nSPS) is 16.2. The lowest BCUT2D eigenvalue weighted by Crippen LogP contribution is -2.55. The molecule has 0 aliphatic carbocycles. The first-order valence-electron chi connectivity index (χ1n) is 20.5. The number of hydrogen-bond donors (Lipinski definition) is 3. The van der Waals surface area contributed by atoms with Crippen LogP contribution in [0, 0.1) is 18.3 Å². The molecule has 1 aromatic heterocycles. The number of anilines is 1. The molecule has 2 aliphatic heterocycles. The molecule has 2 aliphatic rings. The maximum Gasteiger partial charge on any atom is 0.471 e. The van der Waals surface area contributed by atoms with Gasteiger partial charge in [-0.3, -0.25) is 14.9 Å². The van der Waals surface area contributed by atoms with Crippen LogP contribution in [-0.2, 0) is 50.4 Å². The van der Waals surface area contributed by atoms with Crippen molar-refractivity contribution in [2.75, 3.05) is 11.9 Å². The maximum absolute atomic E-state index is 14.6. The molecule has 3 atom stereocenters. The molecule has 14 nitrogen and oxygen atoms in total. The van der Waals surface area contributed by atoms with Crippen molar-refractivity contribution in [2.24, 2.45) is 0 Å². The number of halogens is 5. The molecule has 5 aromatic carbocycles. The third-order valence-electron chi connectivity index (χ3n) is 11.1. The van der Waals surface area contributed by atoms with E-state index < -0.39 is 68.1 Å². The zero-order valence-electron chi connectivity index (χ0n) is 35.3. The molecule has 0 fully saturated rings. The number of aromatic nitrogens is 1. The van der Waals surface area contributed by atoms with Gasteiger partial charge in [0.15, 0.2) is 26.9 Å². The van der Waals surface area contributed by atoms with Gasteiger partial charge in [-0.1, -0.05) is 89.1 Å². The van der Waals surface area contributed by atoms with Gasteiger partial charge in [-0.2, -0.15) is 22.7 Å². The number of sulfonamides is 1. The molecule has 0 saturated carbocycles. The fourth-order valence-corrected chi connectivity index (χ4v) is 11.0. The molecular formula is C47H36Cl2F3N5O9S2. The Bertz CT molecular complexity index is 3080. The van der Waals surface area contributed by atoms with Crippen LogP contribution < -0.4 is 24.8 Å². The third kappa shape index (κ3) is 10.5. The summed E-state index contributed by atoms with van der Waals surface area (Å²) in [6.45, 7) is 1.09. The number of carbonyl (C=O) groups is 3. The zero-order valence-corrected chi connectivity index (χ0v) is 38.5. The van der Waals surface area contributed by atoms with Crippen molar-refractivity contribution in [1.29, 1.82) is 5.26 Å². The summed E-state index contributed by atoms with van der Waals surface area (Å²) < 4.78 is 87.3. The number of carbonyl (C=O) groups excluding carboxylic acids is 2. The number of thiazole rings is 1. The fraction of sp³-hybridized carbons (Fsp3) is 0.213. The number of amides is 2. The number of aliphatic carboxylic acids is 1. The lowest BCUT2D eigenvalue weighted by molar-refractivity contribution is -0.167. The predicted molar refractivity (Wildman–Crippen MR) is 244 cm³/mol. The molecule has 0 radical (unpaired) electrons. The van der Waals surface area contributed by atoms with E-state index in [1.165, 1.54) is 6.92 Å². The van der Waals surface area contributed by atoms with Crippen LogP contribution in [0.4, 0.5) is 18.3 Å². The standard InChI is InChI=1S/C47H36Cl2F3N5O9S2/c1-25-44(67-46(54-25)56-45(61)47(50,51)52)68(62,63)57-22-33-20-40-39(65-24-41(66-40)31-11-13-34(14-12-31)64-23-28-6-15-35(48)36(49)16-28)19-32(33)18-38(57)42(58)55-37(43(59)60)17-26-2-7-29(8-3-26)30-9-4-27(21-53)5-10-30/h2-16,19-20,37-38,41H,17-18,22-24H2,1H3,(H,55,58)(H,59,60)(H,54,56,61)/t37-,38-,41?/m0/s1. The Hall–Kier alpha value is -6.69. The molecule has 0 bridgehead atoms. The van der Waals surface area contributed by atoms with Gasteiger partial charge in [-0.25, -0.2) is 18.2 Å². The smallest absolute Gasteiger partial charge is 0.471 e. The van der Waals surface area contributed by atoms with E-state index in [0.29, 0.717) is 43.8 Å². The zero-order chi connectivity index (χ0) is 48.5. The highest BCUT2D eigenvalue weighted by Crippen LogP contribution is 2.43. The van der Waals surface area contributed by atoms with Crippen LogP contribution in [0.5, 0.6) is 17.2 Å². The molecule has 3 heterocycles. The number of fused-ring (bicyclic) bond motifs is 2. The van der Waals surface area contributed by atoms with Crippen LogP contribution in [0.15, 0.2) is 107 Å². The summed E-state index contributed by atoms with van der Waals surface area (Å²) in [6, 6.07) is 28.3. The van der Waals surface area contributed by atoms with Crippen molar-refractivity contribution < 1.29 is 55.3 Å². The number of nitriles is 1. The average Bonchev–Trinajstić information content (AvgIpc) is 3.70. The Labute approximate surface area is 400 Å². The highest BCUT2D eigenvalue weighted by atomic mass is 35.5. The molecule has 8 rings (SSSR count). The summed E-state index contributed by atoms with van der Waals surface area (Å²) >= 11 is 12.4. The second-order valence-corrected chi connectivity index (χ2v) is 19.6. The van der Waals surface area contributed by atoms with E-state index in [4.69, 9.17) is 42.7 Å². The van der Waals surface area contributed by atoms with Crippen LogP contribution in [0.1, 0.15) is 45.2 Å².